The van der Waals surface area contributed by atoms with Crippen molar-refractivity contribution in [2.45, 2.75) is 49.1 Å². The molecule has 0 radical (unpaired) electrons. The summed E-state index contributed by atoms with van der Waals surface area (Å²) < 4.78 is 171. The average molecular weight is 532 g/mol. The van der Waals surface area contributed by atoms with Crippen molar-refractivity contribution in [3.63, 3.8) is 0 Å². The Balaban J connectivity index is 5.89. The first kappa shape index (κ1) is 30.9. The van der Waals surface area contributed by atoms with Crippen LogP contribution in [-0.2, 0) is 33.9 Å². The van der Waals surface area contributed by atoms with Crippen molar-refractivity contribution >= 4 is 22.1 Å². The van der Waals surface area contributed by atoms with Gasteiger partial charge >= 0.3 is 51.4 Å². The van der Waals surface area contributed by atoms with E-state index in [9.17, 15) is 61.9 Å². The third kappa shape index (κ3) is 6.92. The summed E-state index contributed by atoms with van der Waals surface area (Å²) in [6.45, 7) is 0.338. The Hall–Kier alpha value is -2.15. The van der Waals surface area contributed by atoms with Crippen LogP contribution in [0.5, 0.6) is 0 Å². The fraction of sp³-hybridized carbons (Fsp3) is 0.714. The summed E-state index contributed by atoms with van der Waals surface area (Å²) >= 11 is 0. The van der Waals surface area contributed by atoms with Crippen molar-refractivity contribution in [3.05, 3.63) is 12.2 Å². The maximum Gasteiger partial charge on any atom is 0.468 e. The van der Waals surface area contributed by atoms with E-state index in [1.807, 2.05) is 0 Å². The zero-order chi connectivity index (χ0) is 26.7. The monoisotopic (exact) mass is 532 g/mol. The quantitative estimate of drug-likeness (QED) is 0.108. The van der Waals surface area contributed by atoms with Gasteiger partial charge in [0.2, 0.25) is 0 Å². The van der Waals surface area contributed by atoms with Gasteiger partial charge < -0.3 is 14.2 Å². The molecule has 0 aliphatic heterocycles. The number of alkyl halides is 10. The molecule has 0 spiro atoms. The second-order valence-corrected chi connectivity index (χ2v) is 7.31. The second-order valence-electron chi connectivity index (χ2n) is 5.85. The third-order valence-electron chi connectivity index (χ3n) is 3.43. The highest BCUT2D eigenvalue weighted by Gasteiger charge is 2.69. The van der Waals surface area contributed by atoms with Gasteiger partial charge in [0.15, 0.2) is 0 Å². The SMILES string of the molecule is C=C(C(=O)OC(OCCCC(F)(F)C(F)(F)S(=O)(=O)O)(C(=O)OCC)C(F)(F)F)C(F)(F)F. The molecule has 0 amide bonds. The van der Waals surface area contributed by atoms with Crippen LogP contribution in [0.25, 0.3) is 0 Å². The van der Waals surface area contributed by atoms with Crippen molar-refractivity contribution in [3.8, 4) is 0 Å². The van der Waals surface area contributed by atoms with E-state index >= 15 is 0 Å². The molecule has 0 aromatic rings. The molecule has 0 aliphatic carbocycles. The molecule has 8 nitrogen and oxygen atoms in total. The van der Waals surface area contributed by atoms with Crippen LogP contribution in [0, 0.1) is 0 Å². The summed E-state index contributed by atoms with van der Waals surface area (Å²) in [4.78, 5) is 23.2. The number of ether oxygens (including phenoxy) is 3. The Bertz CT molecular complexity index is 849. The zero-order valence-corrected chi connectivity index (χ0v) is 16.8. The first-order valence-electron chi connectivity index (χ1n) is 8.08. The zero-order valence-electron chi connectivity index (χ0n) is 16.0. The minimum atomic E-state index is -6.67. The molecule has 0 aliphatic rings. The van der Waals surface area contributed by atoms with Gasteiger partial charge in [-0.1, -0.05) is 6.58 Å². The van der Waals surface area contributed by atoms with E-state index in [0.29, 0.717) is 0 Å². The lowest BCUT2D eigenvalue weighted by Crippen LogP contribution is -2.58. The predicted octanol–water partition coefficient (Wildman–Crippen LogP) is 3.38. The normalized spacial score (nSPS) is 15.5. The number of halogens is 10. The number of carbonyl (C=O) groups is 2. The topological polar surface area (TPSA) is 116 Å². The number of esters is 2. The minimum Gasteiger partial charge on any atom is -0.461 e. The number of hydrogen-bond donors (Lipinski definition) is 1. The van der Waals surface area contributed by atoms with Gasteiger partial charge in [-0.15, -0.1) is 0 Å². The lowest BCUT2D eigenvalue weighted by molar-refractivity contribution is -0.355. The van der Waals surface area contributed by atoms with E-state index in [-0.39, 0.29) is 0 Å². The van der Waals surface area contributed by atoms with Gasteiger partial charge in [0.25, 0.3) is 0 Å². The molecule has 0 rings (SSSR count). The number of rotatable bonds is 11. The Morgan fingerprint density at radius 2 is 1.45 bits per heavy atom. The predicted molar refractivity (Wildman–Crippen MR) is 83.3 cm³/mol. The fourth-order valence-corrected chi connectivity index (χ4v) is 2.24. The molecule has 19 heteroatoms. The standard InChI is InChI=1S/C14H14F10O8S/c1-3-30-9(26)11(13(20,21)22,32-8(25)7(2)12(17,18)19)31-6-4-5-10(15,16)14(23,24)33(27,28)29/h2-6H2,1H3,(H,27,28,29). The Kier molecular flexibility index (Phi) is 9.35. The summed E-state index contributed by atoms with van der Waals surface area (Å²) in [6.07, 6.45) is -15.7. The van der Waals surface area contributed by atoms with Gasteiger partial charge in [0.05, 0.1) is 13.2 Å². The molecule has 0 heterocycles. The van der Waals surface area contributed by atoms with E-state index in [2.05, 4.69) is 20.8 Å². The van der Waals surface area contributed by atoms with Crippen LogP contribution in [0.2, 0.25) is 0 Å². The third-order valence-corrected chi connectivity index (χ3v) is 4.38. The Morgan fingerprint density at radius 1 is 0.970 bits per heavy atom. The smallest absolute Gasteiger partial charge is 0.461 e. The van der Waals surface area contributed by atoms with Crippen molar-refractivity contribution in [2.24, 2.45) is 0 Å². The summed E-state index contributed by atoms with van der Waals surface area (Å²) in [6, 6.07) is 0. The van der Waals surface area contributed by atoms with Crippen LogP contribution >= 0.6 is 0 Å². The van der Waals surface area contributed by atoms with E-state index in [1.165, 1.54) is 0 Å². The molecular formula is C14H14F10O8S. The molecule has 1 unspecified atom stereocenters. The summed E-state index contributed by atoms with van der Waals surface area (Å²) in [5.74, 6) is -16.1. The van der Waals surface area contributed by atoms with Gasteiger partial charge in [0, 0.05) is 6.42 Å². The largest absolute Gasteiger partial charge is 0.468 e. The van der Waals surface area contributed by atoms with E-state index < -0.39 is 83.0 Å². The van der Waals surface area contributed by atoms with Gasteiger partial charge in [-0.3, -0.25) is 4.55 Å². The maximum absolute atomic E-state index is 13.5. The van der Waals surface area contributed by atoms with Gasteiger partial charge in [0.1, 0.15) is 5.57 Å². The molecule has 0 aromatic carbocycles. The molecule has 194 valence electrons. The van der Waals surface area contributed by atoms with Crippen molar-refractivity contribution in [1.29, 1.82) is 0 Å². The Morgan fingerprint density at radius 3 is 1.82 bits per heavy atom. The van der Waals surface area contributed by atoms with E-state index in [0.717, 1.165) is 6.92 Å². The van der Waals surface area contributed by atoms with Gasteiger partial charge in [-0.2, -0.15) is 52.3 Å². The molecule has 33 heavy (non-hydrogen) atoms. The summed E-state index contributed by atoms with van der Waals surface area (Å²) in [7, 11) is -6.67. The molecule has 0 bridgehead atoms. The molecule has 1 atom stereocenters. The maximum atomic E-state index is 13.5. The van der Waals surface area contributed by atoms with Crippen LogP contribution in [0.4, 0.5) is 43.9 Å². The first-order valence-corrected chi connectivity index (χ1v) is 9.52. The van der Waals surface area contributed by atoms with Crippen LogP contribution in [0.15, 0.2) is 12.2 Å². The Labute approximate surface area is 178 Å². The number of carbonyl (C=O) groups excluding carboxylic acids is 2. The highest BCUT2D eigenvalue weighted by molar-refractivity contribution is 7.87. The van der Waals surface area contributed by atoms with Gasteiger partial charge in [-0.05, 0) is 13.3 Å². The van der Waals surface area contributed by atoms with Gasteiger partial charge in [-0.25, -0.2) is 9.59 Å². The van der Waals surface area contributed by atoms with Crippen LogP contribution in [0.1, 0.15) is 19.8 Å². The van der Waals surface area contributed by atoms with E-state index in [1.54, 1.807) is 0 Å². The molecular weight excluding hydrogens is 518 g/mol. The molecule has 0 fully saturated rings. The van der Waals surface area contributed by atoms with Crippen LogP contribution in [0.3, 0.4) is 0 Å². The highest BCUT2D eigenvalue weighted by Crippen LogP contribution is 2.42. The summed E-state index contributed by atoms with van der Waals surface area (Å²) in [5.41, 5.74) is -2.54. The minimum absolute atomic E-state index is 0.879. The van der Waals surface area contributed by atoms with Crippen molar-refractivity contribution in [1.82, 2.24) is 0 Å². The average Bonchev–Trinajstić information content (AvgIpc) is 2.60. The number of hydrogen-bond acceptors (Lipinski definition) is 7. The fourth-order valence-electron chi connectivity index (χ4n) is 1.76. The van der Waals surface area contributed by atoms with Crippen molar-refractivity contribution < 1.29 is 80.7 Å². The highest BCUT2D eigenvalue weighted by atomic mass is 32.2. The molecule has 0 saturated heterocycles. The summed E-state index contributed by atoms with van der Waals surface area (Å²) in [5, 5.41) is -6.08. The van der Waals surface area contributed by atoms with E-state index in [4.69, 9.17) is 4.55 Å². The van der Waals surface area contributed by atoms with Crippen LogP contribution < -0.4 is 0 Å². The molecule has 0 aromatic heterocycles. The first-order chi connectivity index (χ1) is 14.5. The molecule has 0 saturated carbocycles. The van der Waals surface area contributed by atoms with Crippen LogP contribution in [-0.4, -0.2) is 67.4 Å². The van der Waals surface area contributed by atoms with Crippen molar-refractivity contribution in [2.75, 3.05) is 13.2 Å². The molecule has 1 N–H and O–H groups in total. The lowest BCUT2D eigenvalue weighted by atomic mass is 10.2. The second kappa shape index (κ2) is 10.00. The lowest BCUT2D eigenvalue weighted by Gasteiger charge is -2.32.